The molecule has 0 aliphatic carbocycles. The number of aryl methyl sites for hydroxylation is 1. The summed E-state index contributed by atoms with van der Waals surface area (Å²) in [6.07, 6.45) is -0.777. The van der Waals surface area contributed by atoms with Gasteiger partial charge in [0.25, 0.3) is 11.6 Å². The van der Waals surface area contributed by atoms with Crippen molar-refractivity contribution < 1.29 is 23.8 Å². The Kier molecular flexibility index (Phi) is 10.7. The van der Waals surface area contributed by atoms with Gasteiger partial charge in [0.2, 0.25) is 0 Å². The molecule has 0 spiro atoms. The second-order valence-corrected chi connectivity index (χ2v) is 11.2. The molecule has 3 aromatic carbocycles. The van der Waals surface area contributed by atoms with Crippen molar-refractivity contribution in [3.05, 3.63) is 99.6 Å². The molecule has 0 saturated carbocycles. The highest BCUT2D eigenvalue weighted by Crippen LogP contribution is 2.20. The third-order valence-corrected chi connectivity index (χ3v) is 7.65. The van der Waals surface area contributed by atoms with Gasteiger partial charge in [0.1, 0.15) is 16.7 Å². The summed E-state index contributed by atoms with van der Waals surface area (Å²) < 4.78 is 20.4. The molecular weight excluding hydrogens is 518 g/mol. The quantitative estimate of drug-likeness (QED) is 0.241. The highest BCUT2D eigenvalue weighted by atomic mass is 32.2. The van der Waals surface area contributed by atoms with E-state index >= 15 is 0 Å². The average molecular weight is 554 g/mol. The number of amides is 1. The van der Waals surface area contributed by atoms with Crippen LogP contribution in [0, 0.1) is 23.0 Å². The summed E-state index contributed by atoms with van der Waals surface area (Å²) in [4.78, 5) is 24.6. The molecule has 0 heterocycles. The van der Waals surface area contributed by atoms with Crippen molar-refractivity contribution in [2.45, 2.75) is 44.2 Å². The lowest BCUT2D eigenvalue weighted by atomic mass is 9.99. The number of nitro benzene ring substituents is 1. The summed E-state index contributed by atoms with van der Waals surface area (Å²) in [6, 6.07) is 19.7. The number of nitrogens with zero attached hydrogens (tertiary/aromatic N) is 2. The van der Waals surface area contributed by atoms with Crippen LogP contribution in [0.5, 0.6) is 5.75 Å². The third-order valence-electron chi connectivity index (χ3n) is 6.21. The smallest absolute Gasteiger partial charge is 0.270 e. The topological polar surface area (TPSA) is 122 Å². The first-order chi connectivity index (χ1) is 18.6. The second kappa shape index (κ2) is 14.0. The monoisotopic (exact) mass is 553 g/mol. The SMILES string of the molecule is COc1ccc(S(=O)N(CC(C)C)C[C@@H](O)[C@H](Cc2ccccc2)NC(=O)c2cc([N+](=O)[O-])ccc2C)cc1. The molecule has 0 fully saturated rings. The predicted octanol–water partition coefficient (Wildman–Crippen LogP) is 4.29. The molecule has 0 aliphatic heterocycles. The third kappa shape index (κ3) is 8.44. The number of methoxy groups -OCH3 is 1. The highest BCUT2D eigenvalue weighted by Gasteiger charge is 2.28. The van der Waals surface area contributed by atoms with Crippen molar-refractivity contribution >= 4 is 22.6 Å². The van der Waals surface area contributed by atoms with E-state index in [0.717, 1.165) is 5.56 Å². The summed E-state index contributed by atoms with van der Waals surface area (Å²) in [5.74, 6) is 0.283. The molecule has 3 rings (SSSR count). The number of nitrogens with one attached hydrogen (secondary N) is 1. The normalized spacial score (nSPS) is 13.6. The van der Waals surface area contributed by atoms with Crippen LogP contribution in [0.3, 0.4) is 0 Å². The lowest BCUT2D eigenvalue weighted by Gasteiger charge is -2.30. The van der Waals surface area contributed by atoms with Gasteiger partial charge in [0, 0.05) is 30.8 Å². The van der Waals surface area contributed by atoms with Gasteiger partial charge in [0.15, 0.2) is 0 Å². The molecule has 208 valence electrons. The Morgan fingerprint density at radius 3 is 2.33 bits per heavy atom. The number of hydrogen-bond donors (Lipinski definition) is 2. The molecule has 3 atom stereocenters. The molecule has 2 N–H and O–H groups in total. The Morgan fingerprint density at radius 2 is 1.74 bits per heavy atom. The lowest BCUT2D eigenvalue weighted by molar-refractivity contribution is -0.384. The van der Waals surface area contributed by atoms with Crippen molar-refractivity contribution in [3.63, 3.8) is 0 Å². The van der Waals surface area contributed by atoms with Crippen molar-refractivity contribution in [1.82, 2.24) is 9.62 Å². The van der Waals surface area contributed by atoms with E-state index in [1.807, 2.05) is 44.2 Å². The van der Waals surface area contributed by atoms with Crippen LogP contribution in [0.2, 0.25) is 0 Å². The number of aliphatic hydroxyl groups is 1. The number of rotatable bonds is 13. The maximum Gasteiger partial charge on any atom is 0.270 e. The van der Waals surface area contributed by atoms with E-state index in [1.54, 1.807) is 42.6 Å². The summed E-state index contributed by atoms with van der Waals surface area (Å²) in [6.45, 7) is 6.18. The number of nitro groups is 1. The van der Waals surface area contributed by atoms with E-state index in [4.69, 9.17) is 4.74 Å². The summed E-state index contributed by atoms with van der Waals surface area (Å²) in [7, 11) is -0.00698. The van der Waals surface area contributed by atoms with Gasteiger partial charge in [-0.1, -0.05) is 50.2 Å². The molecule has 9 nitrogen and oxygen atoms in total. The maximum absolute atomic E-state index is 13.5. The molecule has 0 aromatic heterocycles. The molecule has 0 radical (unpaired) electrons. The van der Waals surface area contributed by atoms with Crippen LogP contribution in [0.15, 0.2) is 77.7 Å². The Hall–Kier alpha value is -3.60. The van der Waals surface area contributed by atoms with Crippen LogP contribution >= 0.6 is 0 Å². The number of non-ortho nitro benzene ring substituents is 1. The van der Waals surface area contributed by atoms with Crippen LogP contribution in [0.25, 0.3) is 0 Å². The fourth-order valence-electron chi connectivity index (χ4n) is 4.16. The highest BCUT2D eigenvalue weighted by molar-refractivity contribution is 7.82. The number of carbonyl (C=O) groups is 1. The second-order valence-electron chi connectivity index (χ2n) is 9.76. The molecule has 1 unspecified atom stereocenters. The zero-order valence-corrected chi connectivity index (χ0v) is 23.4. The summed E-state index contributed by atoms with van der Waals surface area (Å²) in [5, 5.41) is 25.6. The van der Waals surface area contributed by atoms with Crippen molar-refractivity contribution in [1.29, 1.82) is 0 Å². The number of benzene rings is 3. The minimum atomic E-state index is -1.57. The molecule has 0 aliphatic rings. The molecular formula is C29H35N3O6S. The molecule has 10 heteroatoms. The van der Waals surface area contributed by atoms with Crippen LogP contribution < -0.4 is 10.1 Å². The van der Waals surface area contributed by atoms with Gasteiger partial charge in [-0.05, 0) is 54.7 Å². The Balaban J connectivity index is 1.87. The van der Waals surface area contributed by atoms with E-state index in [0.29, 0.717) is 29.2 Å². The van der Waals surface area contributed by atoms with Crippen LogP contribution in [0.1, 0.15) is 35.3 Å². The zero-order chi connectivity index (χ0) is 28.5. The van der Waals surface area contributed by atoms with Crippen molar-refractivity contribution in [3.8, 4) is 5.75 Å². The van der Waals surface area contributed by atoms with E-state index in [1.165, 1.54) is 18.2 Å². The minimum absolute atomic E-state index is 0.0303. The van der Waals surface area contributed by atoms with Crippen molar-refractivity contribution in [2.24, 2.45) is 5.92 Å². The number of carbonyl (C=O) groups excluding carboxylic acids is 1. The summed E-state index contributed by atoms with van der Waals surface area (Å²) >= 11 is 0. The summed E-state index contributed by atoms with van der Waals surface area (Å²) in [5.41, 5.74) is 1.44. The van der Waals surface area contributed by atoms with Crippen LogP contribution in [-0.4, -0.2) is 56.8 Å². The van der Waals surface area contributed by atoms with Gasteiger partial charge < -0.3 is 15.2 Å². The maximum atomic E-state index is 13.5. The zero-order valence-electron chi connectivity index (χ0n) is 22.6. The van der Waals surface area contributed by atoms with Gasteiger partial charge in [-0.25, -0.2) is 8.51 Å². The number of aliphatic hydroxyl groups excluding tert-OH is 1. The fraction of sp³-hybridized carbons (Fsp3) is 0.345. The Morgan fingerprint density at radius 1 is 1.08 bits per heavy atom. The largest absolute Gasteiger partial charge is 0.497 e. The van der Waals surface area contributed by atoms with E-state index in [9.17, 15) is 24.2 Å². The minimum Gasteiger partial charge on any atom is -0.497 e. The first kappa shape index (κ1) is 29.9. The van der Waals surface area contributed by atoms with Gasteiger partial charge in [0.05, 0.1) is 29.1 Å². The first-order valence-corrected chi connectivity index (χ1v) is 13.8. The molecule has 0 saturated heterocycles. The lowest BCUT2D eigenvalue weighted by Crippen LogP contribution is -2.50. The van der Waals surface area contributed by atoms with Crippen LogP contribution in [-0.2, 0) is 17.4 Å². The van der Waals surface area contributed by atoms with Gasteiger partial charge in [-0.2, -0.15) is 0 Å². The van der Waals surface area contributed by atoms with Gasteiger partial charge in [-0.15, -0.1) is 0 Å². The van der Waals surface area contributed by atoms with E-state index in [2.05, 4.69) is 5.32 Å². The molecule has 39 heavy (non-hydrogen) atoms. The molecule has 3 aromatic rings. The predicted molar refractivity (Wildman–Crippen MR) is 151 cm³/mol. The number of hydrogen-bond acceptors (Lipinski definition) is 6. The molecule has 1 amide bonds. The standard InChI is InChI=1S/C29H35N3O6S/c1-20(2)18-31(39(37)25-14-12-24(38-4)13-15-25)19-28(33)27(16-22-8-6-5-7-9-22)30-29(34)26-17-23(32(35)36)11-10-21(26)3/h5-15,17,20,27-28,33H,16,18-19H2,1-4H3,(H,30,34)/t27-,28+,39?/m0/s1. The van der Waals surface area contributed by atoms with Gasteiger partial charge in [-0.3, -0.25) is 14.9 Å². The van der Waals surface area contributed by atoms with Crippen LogP contribution in [0.4, 0.5) is 5.69 Å². The Bertz CT molecular complexity index is 1280. The van der Waals surface area contributed by atoms with Crippen molar-refractivity contribution in [2.75, 3.05) is 20.2 Å². The average Bonchev–Trinajstić information content (AvgIpc) is 2.92. The van der Waals surface area contributed by atoms with E-state index < -0.39 is 34.0 Å². The van der Waals surface area contributed by atoms with E-state index in [-0.39, 0.29) is 23.7 Å². The Labute approximate surface area is 231 Å². The molecule has 0 bridgehead atoms. The number of ether oxygens (including phenoxy) is 1. The fourth-order valence-corrected chi connectivity index (χ4v) is 5.55. The first-order valence-electron chi connectivity index (χ1n) is 12.7. The van der Waals surface area contributed by atoms with Gasteiger partial charge >= 0.3 is 0 Å².